The molecular formula is C18H30N2O3S. The van der Waals surface area contributed by atoms with Crippen LogP contribution in [-0.4, -0.2) is 40.7 Å². The minimum atomic E-state index is -1.06. The van der Waals surface area contributed by atoms with Crippen LogP contribution in [0.1, 0.15) is 62.3 Å². The Bertz CT molecular complexity index is 531. The normalized spacial score (nSPS) is 19.5. The molecule has 1 aliphatic rings. The minimum absolute atomic E-state index is 0.572. The third-order valence-corrected chi connectivity index (χ3v) is 5.21. The second-order valence-corrected chi connectivity index (χ2v) is 8.70. The zero-order chi connectivity index (χ0) is 17.7. The van der Waals surface area contributed by atoms with E-state index in [-0.39, 0.29) is 0 Å². The van der Waals surface area contributed by atoms with E-state index in [2.05, 4.69) is 4.90 Å². The van der Waals surface area contributed by atoms with Gasteiger partial charge in [0.2, 0.25) is 0 Å². The number of aliphatic hydroxyl groups excluding tert-OH is 1. The summed E-state index contributed by atoms with van der Waals surface area (Å²) in [6.45, 7) is 8.52. The van der Waals surface area contributed by atoms with Crippen LogP contribution in [0.25, 0.3) is 0 Å². The van der Waals surface area contributed by atoms with Gasteiger partial charge in [-0.2, -0.15) is 0 Å². The average Bonchev–Trinajstić information content (AvgIpc) is 2.80. The van der Waals surface area contributed by atoms with Gasteiger partial charge in [0.1, 0.15) is 17.7 Å². The summed E-state index contributed by atoms with van der Waals surface area (Å²) in [7, 11) is 0. The number of thiophene rings is 1. The number of carbonyl (C=O) groups is 1. The third-order valence-electron chi connectivity index (χ3n) is 4.07. The standard InChI is InChI=1S/C18H30N2O3S/c1-18(2,3)23-17(22)15(19)16(21)14-9-8-13(24-14)12-20-10-6-4-5-7-11-20/h8-9,15-16,21H,4-7,10-12,19H2,1-3H3. The van der Waals surface area contributed by atoms with Gasteiger partial charge in [0.05, 0.1) is 0 Å². The fourth-order valence-corrected chi connectivity index (χ4v) is 3.92. The third kappa shape index (κ3) is 5.84. The van der Waals surface area contributed by atoms with Gasteiger partial charge in [0.15, 0.2) is 0 Å². The molecule has 0 aromatic carbocycles. The van der Waals surface area contributed by atoms with E-state index >= 15 is 0 Å². The Morgan fingerprint density at radius 3 is 2.50 bits per heavy atom. The highest BCUT2D eigenvalue weighted by Crippen LogP contribution is 2.27. The molecule has 1 saturated heterocycles. The lowest BCUT2D eigenvalue weighted by Crippen LogP contribution is -2.41. The summed E-state index contributed by atoms with van der Waals surface area (Å²) in [6, 6.07) is 2.83. The molecule has 1 fully saturated rings. The fraction of sp³-hybridized carbons (Fsp3) is 0.722. The first kappa shape index (κ1) is 19.4. The lowest BCUT2D eigenvalue weighted by atomic mass is 10.1. The number of likely N-dealkylation sites (tertiary alicyclic amines) is 1. The van der Waals surface area contributed by atoms with E-state index in [4.69, 9.17) is 10.5 Å². The number of hydrogen-bond donors (Lipinski definition) is 2. The van der Waals surface area contributed by atoms with Crippen molar-refractivity contribution in [2.45, 2.75) is 70.7 Å². The van der Waals surface area contributed by atoms with Crippen LogP contribution in [-0.2, 0) is 16.1 Å². The summed E-state index contributed by atoms with van der Waals surface area (Å²) in [4.78, 5) is 16.4. The van der Waals surface area contributed by atoms with Gasteiger partial charge < -0.3 is 15.6 Å². The van der Waals surface area contributed by atoms with Crippen LogP contribution >= 0.6 is 11.3 Å². The summed E-state index contributed by atoms with van der Waals surface area (Å²) in [5, 5.41) is 10.4. The first-order valence-corrected chi connectivity index (χ1v) is 9.55. The molecule has 0 bridgehead atoms. The lowest BCUT2D eigenvalue weighted by Gasteiger charge is -2.24. The van der Waals surface area contributed by atoms with E-state index < -0.39 is 23.7 Å². The Balaban J connectivity index is 1.94. The Morgan fingerprint density at radius 2 is 1.92 bits per heavy atom. The second kappa shape index (κ2) is 8.43. The molecule has 0 spiro atoms. The highest BCUT2D eigenvalue weighted by molar-refractivity contribution is 7.12. The van der Waals surface area contributed by atoms with Gasteiger partial charge in [0, 0.05) is 16.3 Å². The molecule has 1 aromatic heterocycles. The van der Waals surface area contributed by atoms with Crippen molar-refractivity contribution < 1.29 is 14.6 Å². The van der Waals surface area contributed by atoms with Crippen LogP contribution < -0.4 is 5.73 Å². The van der Waals surface area contributed by atoms with Crippen molar-refractivity contribution in [1.29, 1.82) is 0 Å². The van der Waals surface area contributed by atoms with Crippen molar-refractivity contribution in [1.82, 2.24) is 4.90 Å². The van der Waals surface area contributed by atoms with Gasteiger partial charge in [-0.1, -0.05) is 12.8 Å². The van der Waals surface area contributed by atoms with E-state index in [1.807, 2.05) is 12.1 Å². The van der Waals surface area contributed by atoms with E-state index in [1.54, 1.807) is 20.8 Å². The molecule has 3 N–H and O–H groups in total. The number of rotatable bonds is 5. The molecule has 1 aliphatic heterocycles. The molecule has 0 amide bonds. The molecule has 2 unspecified atom stereocenters. The first-order chi connectivity index (χ1) is 11.3. The summed E-state index contributed by atoms with van der Waals surface area (Å²) in [6.07, 6.45) is 4.11. The lowest BCUT2D eigenvalue weighted by molar-refractivity contribution is -0.159. The maximum atomic E-state index is 12.0. The smallest absolute Gasteiger partial charge is 0.326 e. The summed E-state index contributed by atoms with van der Waals surface area (Å²) >= 11 is 1.53. The Kier molecular flexibility index (Phi) is 6.80. The topological polar surface area (TPSA) is 75.8 Å². The predicted octanol–water partition coefficient (Wildman–Crippen LogP) is 2.83. The van der Waals surface area contributed by atoms with Crippen LogP contribution in [0.5, 0.6) is 0 Å². The Morgan fingerprint density at radius 1 is 1.29 bits per heavy atom. The monoisotopic (exact) mass is 354 g/mol. The molecule has 2 rings (SSSR count). The molecule has 0 radical (unpaired) electrons. The van der Waals surface area contributed by atoms with Crippen LogP contribution in [0.15, 0.2) is 12.1 Å². The number of ether oxygens (including phenoxy) is 1. The van der Waals surface area contributed by atoms with Crippen molar-refractivity contribution in [3.8, 4) is 0 Å². The maximum absolute atomic E-state index is 12.0. The molecule has 0 saturated carbocycles. The molecule has 1 aromatic rings. The molecule has 6 heteroatoms. The van der Waals surface area contributed by atoms with Crippen LogP contribution in [0.2, 0.25) is 0 Å². The number of nitrogens with zero attached hydrogens (tertiary/aromatic N) is 1. The Hall–Kier alpha value is -0.950. The van der Waals surface area contributed by atoms with Crippen LogP contribution in [0.3, 0.4) is 0 Å². The zero-order valence-corrected chi connectivity index (χ0v) is 15.8. The highest BCUT2D eigenvalue weighted by atomic mass is 32.1. The second-order valence-electron chi connectivity index (χ2n) is 7.50. The van der Waals surface area contributed by atoms with Crippen molar-refractivity contribution in [3.63, 3.8) is 0 Å². The molecule has 0 aliphatic carbocycles. The number of hydrogen-bond acceptors (Lipinski definition) is 6. The SMILES string of the molecule is CC(C)(C)OC(=O)C(N)C(O)c1ccc(CN2CCCCCC2)s1. The molecule has 2 heterocycles. The van der Waals surface area contributed by atoms with Gasteiger partial charge in [-0.25, -0.2) is 0 Å². The zero-order valence-electron chi connectivity index (χ0n) is 15.0. The largest absolute Gasteiger partial charge is 0.459 e. The van der Waals surface area contributed by atoms with E-state index in [9.17, 15) is 9.90 Å². The van der Waals surface area contributed by atoms with Crippen molar-refractivity contribution >= 4 is 17.3 Å². The summed E-state index contributed by atoms with van der Waals surface area (Å²) in [5.41, 5.74) is 5.28. The number of carbonyl (C=O) groups excluding carboxylic acids is 1. The van der Waals surface area contributed by atoms with Gasteiger partial charge >= 0.3 is 5.97 Å². The molecular weight excluding hydrogens is 324 g/mol. The average molecular weight is 355 g/mol. The summed E-state index contributed by atoms with van der Waals surface area (Å²) in [5.74, 6) is -0.572. The molecule has 136 valence electrons. The fourth-order valence-electron chi connectivity index (χ4n) is 2.83. The number of nitrogens with two attached hydrogens (primary N) is 1. The van der Waals surface area contributed by atoms with E-state index in [1.165, 1.54) is 41.9 Å². The Labute approximate surface area is 148 Å². The van der Waals surface area contributed by atoms with Crippen molar-refractivity contribution in [2.24, 2.45) is 5.73 Å². The molecule has 2 atom stereocenters. The van der Waals surface area contributed by atoms with Gasteiger partial charge in [0.25, 0.3) is 0 Å². The molecule has 24 heavy (non-hydrogen) atoms. The maximum Gasteiger partial charge on any atom is 0.326 e. The van der Waals surface area contributed by atoms with Crippen molar-refractivity contribution in [2.75, 3.05) is 13.1 Å². The van der Waals surface area contributed by atoms with E-state index in [0.29, 0.717) is 0 Å². The van der Waals surface area contributed by atoms with Crippen LogP contribution in [0, 0.1) is 0 Å². The van der Waals surface area contributed by atoms with Gasteiger partial charge in [-0.3, -0.25) is 9.69 Å². The quantitative estimate of drug-likeness (QED) is 0.795. The minimum Gasteiger partial charge on any atom is -0.459 e. The van der Waals surface area contributed by atoms with Gasteiger partial charge in [-0.15, -0.1) is 11.3 Å². The molecule has 5 nitrogen and oxygen atoms in total. The number of esters is 1. The highest BCUT2D eigenvalue weighted by Gasteiger charge is 2.30. The first-order valence-electron chi connectivity index (χ1n) is 8.74. The van der Waals surface area contributed by atoms with Crippen LogP contribution in [0.4, 0.5) is 0 Å². The summed E-state index contributed by atoms with van der Waals surface area (Å²) < 4.78 is 5.26. The van der Waals surface area contributed by atoms with E-state index in [0.717, 1.165) is 24.5 Å². The predicted molar refractivity (Wildman–Crippen MR) is 96.8 cm³/mol. The van der Waals surface area contributed by atoms with Gasteiger partial charge in [-0.05, 0) is 58.8 Å². The van der Waals surface area contributed by atoms with Crippen molar-refractivity contribution in [3.05, 3.63) is 21.9 Å². The number of aliphatic hydroxyl groups is 1.